The highest BCUT2D eigenvalue weighted by atomic mass is 16.7. The van der Waals surface area contributed by atoms with Gasteiger partial charge in [0.25, 0.3) is 0 Å². The number of hydrogen-bond acceptors (Lipinski definition) is 12. The second kappa shape index (κ2) is 11.9. The highest BCUT2D eigenvalue weighted by molar-refractivity contribution is 6.09. The minimum Gasteiger partial charge on any atom is -0.508 e. The van der Waals surface area contributed by atoms with Gasteiger partial charge in [-0.3, -0.25) is 4.79 Å². The zero-order chi connectivity index (χ0) is 28.2. The standard InChI is InChI=1S/C27H28O12/c28-17-9-10-18(16(12-17)13-37-26(34)27(35)11-5-4-8-20(27)29)38-25-23(32)22(31)21(30)19(39-25)14-36-24(33)15-6-2-1-3-7-15/h1-3,5-7,9-12,19,21-23,25,28,30-32,35H,4,8,13-14H2/t19-,21-,22+,23-,25+,27-/m1/s1. The molecule has 39 heavy (non-hydrogen) atoms. The van der Waals surface area contributed by atoms with Gasteiger partial charge in [-0.15, -0.1) is 0 Å². The number of rotatable bonds is 8. The molecular weight excluding hydrogens is 516 g/mol. The van der Waals surface area contributed by atoms with Gasteiger partial charge in [0.05, 0.1) is 5.56 Å². The van der Waals surface area contributed by atoms with E-state index in [0.29, 0.717) is 6.42 Å². The van der Waals surface area contributed by atoms with Crippen LogP contribution in [0.25, 0.3) is 0 Å². The SMILES string of the molecule is O=C(OC[C@H]1O[C@H](Oc2ccc(O)cc2COC(=O)[C@@]2(O)C=CCCC2=O)[C@H](O)[C@@H](O)[C@@H]1O)c1ccccc1. The van der Waals surface area contributed by atoms with E-state index in [1.54, 1.807) is 18.2 Å². The van der Waals surface area contributed by atoms with Crippen LogP contribution >= 0.6 is 0 Å². The summed E-state index contributed by atoms with van der Waals surface area (Å²) in [6, 6.07) is 11.8. The van der Waals surface area contributed by atoms with Crippen LogP contribution < -0.4 is 4.74 Å². The number of ether oxygens (including phenoxy) is 4. The third-order valence-corrected chi connectivity index (χ3v) is 6.34. The third-order valence-electron chi connectivity index (χ3n) is 6.34. The van der Waals surface area contributed by atoms with Gasteiger partial charge in [-0.2, -0.15) is 0 Å². The molecule has 6 atom stereocenters. The number of aromatic hydroxyl groups is 1. The van der Waals surface area contributed by atoms with Crippen LogP contribution in [-0.4, -0.2) is 86.2 Å². The van der Waals surface area contributed by atoms with Crippen LogP contribution in [0.1, 0.15) is 28.8 Å². The number of ketones is 1. The molecule has 0 bridgehead atoms. The number of allylic oxidation sites excluding steroid dienone is 1. The average Bonchev–Trinajstić information content (AvgIpc) is 2.94. The molecule has 4 rings (SSSR count). The monoisotopic (exact) mass is 544 g/mol. The number of hydrogen-bond donors (Lipinski definition) is 5. The van der Waals surface area contributed by atoms with Crippen molar-refractivity contribution in [3.63, 3.8) is 0 Å². The Morgan fingerprint density at radius 3 is 2.46 bits per heavy atom. The van der Waals surface area contributed by atoms with Crippen LogP contribution in [-0.2, 0) is 30.4 Å². The normalized spacial score (nSPS) is 28.5. The lowest BCUT2D eigenvalue weighted by molar-refractivity contribution is -0.277. The van der Waals surface area contributed by atoms with Gasteiger partial charge in [-0.05, 0) is 42.8 Å². The molecule has 1 aliphatic heterocycles. The maximum absolute atomic E-state index is 12.5. The van der Waals surface area contributed by atoms with E-state index >= 15 is 0 Å². The molecule has 208 valence electrons. The maximum Gasteiger partial charge on any atom is 0.350 e. The number of esters is 2. The van der Waals surface area contributed by atoms with Gasteiger partial charge in [-0.25, -0.2) is 9.59 Å². The van der Waals surface area contributed by atoms with Crippen LogP contribution in [0.15, 0.2) is 60.7 Å². The minimum atomic E-state index is -2.43. The van der Waals surface area contributed by atoms with Gasteiger partial charge >= 0.3 is 11.9 Å². The Bertz CT molecular complexity index is 1230. The lowest BCUT2D eigenvalue weighted by Gasteiger charge is -2.40. The van der Waals surface area contributed by atoms with Gasteiger partial charge in [-0.1, -0.05) is 24.3 Å². The molecule has 0 radical (unpaired) electrons. The molecule has 12 nitrogen and oxygen atoms in total. The fraction of sp³-hybridized carbons (Fsp3) is 0.370. The Morgan fingerprint density at radius 2 is 1.74 bits per heavy atom. The molecule has 0 aromatic heterocycles. The summed E-state index contributed by atoms with van der Waals surface area (Å²) in [5, 5.41) is 51.5. The largest absolute Gasteiger partial charge is 0.508 e. The molecule has 12 heteroatoms. The van der Waals surface area contributed by atoms with E-state index in [0.717, 1.165) is 6.08 Å². The Morgan fingerprint density at radius 1 is 1.00 bits per heavy atom. The van der Waals surface area contributed by atoms with Crippen LogP contribution in [0.3, 0.4) is 0 Å². The molecule has 2 aromatic carbocycles. The number of aliphatic hydroxyl groups excluding tert-OH is 3. The van der Waals surface area contributed by atoms with Crippen molar-refractivity contribution in [3.8, 4) is 11.5 Å². The number of carbonyl (C=O) groups excluding carboxylic acids is 3. The average molecular weight is 545 g/mol. The fourth-order valence-electron chi connectivity index (χ4n) is 4.07. The van der Waals surface area contributed by atoms with Gasteiger partial charge in [0.15, 0.2) is 5.78 Å². The zero-order valence-electron chi connectivity index (χ0n) is 20.6. The first kappa shape index (κ1) is 28.2. The minimum absolute atomic E-state index is 0.0322. The summed E-state index contributed by atoms with van der Waals surface area (Å²) in [7, 11) is 0. The molecule has 1 heterocycles. The maximum atomic E-state index is 12.5. The highest BCUT2D eigenvalue weighted by Gasteiger charge is 2.46. The van der Waals surface area contributed by atoms with Crippen LogP contribution in [0, 0.1) is 0 Å². The third kappa shape index (κ3) is 6.27. The first-order chi connectivity index (χ1) is 18.6. The van der Waals surface area contributed by atoms with E-state index in [1.165, 1.54) is 36.4 Å². The molecular formula is C27H28O12. The lowest BCUT2D eigenvalue weighted by Crippen LogP contribution is -2.60. The first-order valence-corrected chi connectivity index (χ1v) is 12.1. The molecule has 2 aromatic rings. The van der Waals surface area contributed by atoms with Crippen molar-refractivity contribution < 1.29 is 58.9 Å². The van der Waals surface area contributed by atoms with Crippen molar-refractivity contribution in [1.82, 2.24) is 0 Å². The number of aliphatic hydroxyl groups is 4. The number of Topliss-reactive ketones (excluding diaryl/α,β-unsaturated/α-hetero) is 1. The molecule has 2 aliphatic rings. The van der Waals surface area contributed by atoms with E-state index in [4.69, 9.17) is 18.9 Å². The summed E-state index contributed by atoms with van der Waals surface area (Å²) in [4.78, 5) is 36.8. The highest BCUT2D eigenvalue weighted by Crippen LogP contribution is 2.30. The van der Waals surface area contributed by atoms with Crippen molar-refractivity contribution in [2.45, 2.75) is 55.8 Å². The first-order valence-electron chi connectivity index (χ1n) is 12.1. The van der Waals surface area contributed by atoms with Crippen LogP contribution in [0.2, 0.25) is 0 Å². The predicted molar refractivity (Wildman–Crippen MR) is 130 cm³/mol. The van der Waals surface area contributed by atoms with Crippen LogP contribution in [0.5, 0.6) is 11.5 Å². The van der Waals surface area contributed by atoms with Crippen molar-refractivity contribution in [2.24, 2.45) is 0 Å². The molecule has 5 N–H and O–H groups in total. The molecule has 0 unspecified atom stereocenters. The van der Waals surface area contributed by atoms with Crippen molar-refractivity contribution in [3.05, 3.63) is 71.8 Å². The summed E-state index contributed by atoms with van der Waals surface area (Å²) >= 11 is 0. The van der Waals surface area contributed by atoms with E-state index < -0.39 is 67.2 Å². The van der Waals surface area contributed by atoms with Gasteiger partial charge in [0.1, 0.15) is 49.1 Å². The zero-order valence-corrected chi connectivity index (χ0v) is 20.6. The van der Waals surface area contributed by atoms with E-state index in [-0.39, 0.29) is 29.0 Å². The number of phenols is 1. The van der Waals surface area contributed by atoms with Crippen molar-refractivity contribution >= 4 is 17.7 Å². The van der Waals surface area contributed by atoms with Gasteiger partial charge in [0.2, 0.25) is 11.9 Å². The van der Waals surface area contributed by atoms with Gasteiger partial charge < -0.3 is 44.5 Å². The summed E-state index contributed by atoms with van der Waals surface area (Å²) < 4.78 is 21.6. The Kier molecular flexibility index (Phi) is 8.63. The van der Waals surface area contributed by atoms with Gasteiger partial charge in [0, 0.05) is 12.0 Å². The summed E-state index contributed by atoms with van der Waals surface area (Å²) in [5.41, 5.74) is -2.10. The van der Waals surface area contributed by atoms with E-state index in [9.17, 15) is 39.9 Å². The smallest absolute Gasteiger partial charge is 0.350 e. The molecule has 0 amide bonds. The van der Waals surface area contributed by atoms with E-state index in [2.05, 4.69) is 0 Å². The lowest BCUT2D eigenvalue weighted by atomic mass is 9.90. The van der Waals surface area contributed by atoms with Crippen LogP contribution in [0.4, 0.5) is 0 Å². The fourth-order valence-corrected chi connectivity index (χ4v) is 4.07. The molecule has 1 fully saturated rings. The molecule has 1 aliphatic carbocycles. The molecule has 0 saturated carbocycles. The topological polar surface area (TPSA) is 189 Å². The summed E-state index contributed by atoms with van der Waals surface area (Å²) in [6.07, 6.45) is -5.05. The van der Waals surface area contributed by atoms with Crippen molar-refractivity contribution in [2.75, 3.05) is 6.61 Å². The number of benzene rings is 2. The molecule has 1 saturated heterocycles. The second-order valence-corrected chi connectivity index (χ2v) is 9.10. The second-order valence-electron chi connectivity index (χ2n) is 9.10. The quantitative estimate of drug-likeness (QED) is 0.172. The molecule has 0 spiro atoms. The summed E-state index contributed by atoms with van der Waals surface area (Å²) in [5.74, 6) is -2.91. The predicted octanol–water partition coefficient (Wildman–Crippen LogP) is 0.129. The number of phenolic OH excluding ortho intramolecular Hbond substituents is 1. The van der Waals surface area contributed by atoms with E-state index in [1.807, 2.05) is 0 Å². The number of carbonyl (C=O) groups is 3. The Balaban J connectivity index is 1.44. The Labute approximate surface area is 222 Å². The Hall–Kier alpha value is -3.81. The van der Waals surface area contributed by atoms with Crippen molar-refractivity contribution in [1.29, 1.82) is 0 Å². The summed E-state index contributed by atoms with van der Waals surface area (Å²) in [6.45, 7) is -1.02.